The van der Waals surface area contributed by atoms with E-state index >= 15 is 0 Å². The molecule has 1 aromatic carbocycles. The molecule has 1 heterocycles. The Hall–Kier alpha value is -1.29. The minimum atomic E-state index is 0.106. The van der Waals surface area contributed by atoms with Gasteiger partial charge in [0, 0.05) is 11.2 Å². The summed E-state index contributed by atoms with van der Waals surface area (Å²) in [5.41, 5.74) is 7.86. The average Bonchev–Trinajstić information content (AvgIpc) is 2.57. The lowest BCUT2D eigenvalue weighted by molar-refractivity contribution is 0.547. The van der Waals surface area contributed by atoms with Crippen molar-refractivity contribution < 1.29 is 0 Å². The van der Waals surface area contributed by atoms with E-state index < -0.39 is 0 Å². The van der Waals surface area contributed by atoms with Gasteiger partial charge in [0.05, 0.1) is 10.2 Å². The van der Waals surface area contributed by atoms with Crippen LogP contribution in [0.15, 0.2) is 18.2 Å². The number of nitrogens with two attached hydrogens (primary N) is 1. The van der Waals surface area contributed by atoms with Gasteiger partial charge in [-0.05, 0) is 38.5 Å². The molecule has 86 valence electrons. The van der Waals surface area contributed by atoms with Crippen LogP contribution in [0.5, 0.6) is 0 Å². The second-order valence-corrected chi connectivity index (χ2v) is 5.66. The minimum Gasteiger partial charge on any atom is -0.380 e. The van der Waals surface area contributed by atoms with Crippen LogP contribution in [0.1, 0.15) is 27.2 Å². The van der Waals surface area contributed by atoms with Crippen molar-refractivity contribution in [2.24, 2.45) is 0 Å². The van der Waals surface area contributed by atoms with Gasteiger partial charge in [-0.3, -0.25) is 0 Å². The number of hydrogen-bond acceptors (Lipinski definition) is 4. The highest BCUT2D eigenvalue weighted by molar-refractivity contribution is 7.22. The highest BCUT2D eigenvalue weighted by atomic mass is 32.1. The van der Waals surface area contributed by atoms with E-state index in [1.54, 1.807) is 0 Å². The summed E-state index contributed by atoms with van der Waals surface area (Å²) in [4.78, 5) is 4.29. The summed E-state index contributed by atoms with van der Waals surface area (Å²) in [5, 5.41) is 4.12. The van der Waals surface area contributed by atoms with Crippen molar-refractivity contribution >= 4 is 32.4 Å². The summed E-state index contributed by atoms with van der Waals surface area (Å²) in [6.45, 7) is 6.55. The molecule has 1 aromatic heterocycles. The first-order chi connectivity index (χ1) is 7.50. The van der Waals surface area contributed by atoms with Crippen LogP contribution in [0.3, 0.4) is 0 Å². The number of nitrogen functional groups attached to an aromatic ring is 1. The van der Waals surface area contributed by atoms with Crippen LogP contribution in [-0.4, -0.2) is 10.5 Å². The summed E-state index contributed by atoms with van der Waals surface area (Å²) in [6, 6.07) is 6.20. The third-order valence-corrected chi connectivity index (χ3v) is 3.64. The monoisotopic (exact) mass is 235 g/mol. The molecule has 3 N–H and O–H groups in total. The van der Waals surface area contributed by atoms with E-state index in [2.05, 4.69) is 49.3 Å². The smallest absolute Gasteiger partial charge is 0.181 e. The van der Waals surface area contributed by atoms with Crippen molar-refractivity contribution in [3.05, 3.63) is 18.2 Å². The van der Waals surface area contributed by atoms with Gasteiger partial charge in [0.1, 0.15) is 0 Å². The summed E-state index contributed by atoms with van der Waals surface area (Å²) in [6.07, 6.45) is 1.07. The van der Waals surface area contributed by atoms with Gasteiger partial charge in [0.25, 0.3) is 0 Å². The Bertz CT molecular complexity index is 502. The zero-order chi connectivity index (χ0) is 11.8. The molecule has 0 spiro atoms. The lowest BCUT2D eigenvalue weighted by Gasteiger charge is -2.25. The first-order valence-corrected chi connectivity index (χ1v) is 6.26. The Morgan fingerprint density at radius 2 is 2.19 bits per heavy atom. The molecule has 0 unspecified atom stereocenters. The van der Waals surface area contributed by atoms with Gasteiger partial charge in [-0.25, -0.2) is 4.98 Å². The number of nitrogens with one attached hydrogen (secondary N) is 1. The Balaban J connectivity index is 2.32. The van der Waals surface area contributed by atoms with Gasteiger partial charge in [-0.1, -0.05) is 18.3 Å². The predicted molar refractivity (Wildman–Crippen MR) is 72.0 cm³/mol. The molecular formula is C12H17N3S. The average molecular weight is 235 g/mol. The highest BCUT2D eigenvalue weighted by Crippen LogP contribution is 2.27. The van der Waals surface area contributed by atoms with Gasteiger partial charge in [0.15, 0.2) is 5.13 Å². The van der Waals surface area contributed by atoms with Crippen LogP contribution in [-0.2, 0) is 0 Å². The molecule has 0 aliphatic rings. The molecule has 0 aliphatic heterocycles. The van der Waals surface area contributed by atoms with E-state index in [1.807, 2.05) is 0 Å². The van der Waals surface area contributed by atoms with Gasteiger partial charge in [0.2, 0.25) is 0 Å². The Labute approximate surface area is 99.7 Å². The van der Waals surface area contributed by atoms with Gasteiger partial charge in [-0.15, -0.1) is 0 Å². The normalized spacial score (nSPS) is 11.9. The van der Waals surface area contributed by atoms with Crippen LogP contribution < -0.4 is 11.1 Å². The lowest BCUT2D eigenvalue weighted by atomic mass is 10.0. The van der Waals surface area contributed by atoms with Gasteiger partial charge >= 0.3 is 0 Å². The molecule has 4 heteroatoms. The maximum Gasteiger partial charge on any atom is 0.181 e. The number of benzene rings is 1. The topological polar surface area (TPSA) is 50.9 Å². The molecule has 0 fully saturated rings. The third kappa shape index (κ3) is 2.27. The molecule has 2 rings (SSSR count). The van der Waals surface area contributed by atoms with Crippen LogP contribution >= 0.6 is 11.3 Å². The standard InChI is InChI=1S/C12H17N3S/c1-4-12(2,3)15-8-5-6-10-9(7-8)14-11(13)16-10/h5-7,15H,4H2,1-3H3,(H2,13,14). The highest BCUT2D eigenvalue weighted by Gasteiger charge is 2.14. The summed E-state index contributed by atoms with van der Waals surface area (Å²) in [5.74, 6) is 0. The quantitative estimate of drug-likeness (QED) is 0.856. The van der Waals surface area contributed by atoms with Crippen molar-refractivity contribution in [1.82, 2.24) is 4.98 Å². The zero-order valence-electron chi connectivity index (χ0n) is 9.87. The van der Waals surface area contributed by atoms with Crippen molar-refractivity contribution in [2.45, 2.75) is 32.7 Å². The third-order valence-electron chi connectivity index (χ3n) is 2.77. The lowest BCUT2D eigenvalue weighted by Crippen LogP contribution is -2.29. The van der Waals surface area contributed by atoms with Crippen LogP contribution in [0.25, 0.3) is 10.2 Å². The number of hydrogen-bond donors (Lipinski definition) is 2. The number of fused-ring (bicyclic) bond motifs is 1. The van der Waals surface area contributed by atoms with Crippen LogP contribution in [0.4, 0.5) is 10.8 Å². The first kappa shape index (κ1) is 11.2. The minimum absolute atomic E-state index is 0.106. The van der Waals surface area contributed by atoms with E-state index in [-0.39, 0.29) is 5.54 Å². The van der Waals surface area contributed by atoms with E-state index in [0.29, 0.717) is 5.13 Å². The molecule has 0 amide bonds. The molecule has 0 saturated heterocycles. The van der Waals surface area contributed by atoms with E-state index in [1.165, 1.54) is 11.3 Å². The van der Waals surface area contributed by atoms with Gasteiger partial charge < -0.3 is 11.1 Å². The fraction of sp³-hybridized carbons (Fsp3) is 0.417. The second-order valence-electron chi connectivity index (χ2n) is 4.60. The molecule has 0 aliphatic carbocycles. The number of thiazole rings is 1. The zero-order valence-corrected chi connectivity index (χ0v) is 10.7. The SMILES string of the molecule is CCC(C)(C)Nc1ccc2sc(N)nc2c1. The molecule has 0 atom stereocenters. The largest absolute Gasteiger partial charge is 0.380 e. The van der Waals surface area contributed by atoms with E-state index in [4.69, 9.17) is 5.73 Å². The molecule has 0 bridgehead atoms. The van der Waals surface area contributed by atoms with E-state index in [0.717, 1.165) is 22.3 Å². The number of anilines is 2. The molecule has 3 nitrogen and oxygen atoms in total. The van der Waals surface area contributed by atoms with Crippen molar-refractivity contribution in [3.63, 3.8) is 0 Å². The molecule has 16 heavy (non-hydrogen) atoms. The maximum atomic E-state index is 5.68. The number of rotatable bonds is 3. The van der Waals surface area contributed by atoms with Gasteiger partial charge in [-0.2, -0.15) is 0 Å². The Morgan fingerprint density at radius 3 is 2.88 bits per heavy atom. The Kier molecular flexibility index (Phi) is 2.76. The second kappa shape index (κ2) is 3.94. The summed E-state index contributed by atoms with van der Waals surface area (Å²) < 4.78 is 1.14. The summed E-state index contributed by atoms with van der Waals surface area (Å²) >= 11 is 1.52. The number of nitrogens with zero attached hydrogens (tertiary/aromatic N) is 1. The van der Waals surface area contributed by atoms with Crippen molar-refractivity contribution in [1.29, 1.82) is 0 Å². The number of aromatic nitrogens is 1. The first-order valence-electron chi connectivity index (χ1n) is 5.44. The molecule has 0 radical (unpaired) electrons. The Morgan fingerprint density at radius 1 is 1.44 bits per heavy atom. The molecule has 0 saturated carbocycles. The predicted octanol–water partition coefficient (Wildman–Crippen LogP) is 3.48. The summed E-state index contributed by atoms with van der Waals surface area (Å²) in [7, 11) is 0. The van der Waals surface area contributed by atoms with Crippen LogP contribution in [0, 0.1) is 0 Å². The molecule has 2 aromatic rings. The van der Waals surface area contributed by atoms with Crippen molar-refractivity contribution in [2.75, 3.05) is 11.1 Å². The van der Waals surface area contributed by atoms with E-state index in [9.17, 15) is 0 Å². The molecular weight excluding hydrogens is 218 g/mol. The maximum absolute atomic E-state index is 5.68. The fourth-order valence-electron chi connectivity index (χ4n) is 1.50. The van der Waals surface area contributed by atoms with Crippen molar-refractivity contribution in [3.8, 4) is 0 Å². The fourth-order valence-corrected chi connectivity index (χ4v) is 2.22. The van der Waals surface area contributed by atoms with Crippen LogP contribution in [0.2, 0.25) is 0 Å².